The number of carbonyl (C=O) groups is 2. The lowest BCUT2D eigenvalue weighted by molar-refractivity contribution is -0.158. The topological polar surface area (TPSA) is 86.6 Å². The summed E-state index contributed by atoms with van der Waals surface area (Å²) in [6, 6.07) is 29.2. The molecule has 0 bridgehead atoms. The van der Waals surface area contributed by atoms with Gasteiger partial charge in [-0.3, -0.25) is 14.9 Å². The van der Waals surface area contributed by atoms with Gasteiger partial charge in [-0.05, 0) is 42.4 Å². The zero-order chi connectivity index (χ0) is 25.9. The predicted octanol–water partition coefficient (Wildman–Crippen LogP) is 5.94. The smallest absolute Gasteiger partial charge is 0.324 e. The summed E-state index contributed by atoms with van der Waals surface area (Å²) in [4.78, 5) is 25.5. The Bertz CT molecular complexity index is 1050. The van der Waals surface area contributed by atoms with E-state index in [1.165, 1.54) is 0 Å². The first-order valence-corrected chi connectivity index (χ1v) is 11.8. The van der Waals surface area contributed by atoms with Crippen LogP contribution in [0.5, 0.6) is 0 Å². The number of hydrogen-bond donors (Lipinski definition) is 3. The molecule has 0 aliphatic heterocycles. The Morgan fingerprint density at radius 1 is 0.629 bits per heavy atom. The minimum Gasteiger partial charge on any atom is -0.481 e. The number of hydrogen-bond acceptors (Lipinski definition) is 3. The van der Waals surface area contributed by atoms with Gasteiger partial charge in [-0.15, -0.1) is 0 Å². The summed E-state index contributed by atoms with van der Waals surface area (Å²) in [5.41, 5.74) is -2.24. The van der Waals surface area contributed by atoms with Gasteiger partial charge in [-0.25, -0.2) is 0 Å². The van der Waals surface area contributed by atoms with Crippen molar-refractivity contribution < 1.29 is 19.8 Å². The molecule has 5 heteroatoms. The minimum absolute atomic E-state index is 0.123. The molecule has 0 aliphatic rings. The van der Waals surface area contributed by atoms with E-state index in [4.69, 9.17) is 0 Å². The van der Waals surface area contributed by atoms with E-state index in [2.05, 4.69) is 5.32 Å². The van der Waals surface area contributed by atoms with Gasteiger partial charge in [0, 0.05) is 0 Å². The molecular weight excluding hydrogens is 438 g/mol. The highest BCUT2D eigenvalue weighted by Crippen LogP contribution is 2.46. The summed E-state index contributed by atoms with van der Waals surface area (Å²) < 4.78 is 0. The van der Waals surface area contributed by atoms with Gasteiger partial charge in [0.25, 0.3) is 0 Å². The van der Waals surface area contributed by atoms with Crippen LogP contribution in [0.15, 0.2) is 91.0 Å². The van der Waals surface area contributed by atoms with Crippen molar-refractivity contribution in [3.63, 3.8) is 0 Å². The summed E-state index contributed by atoms with van der Waals surface area (Å²) in [5, 5.41) is 24.5. The number of carboxylic acid groups (broad SMARTS) is 2. The lowest BCUT2D eigenvalue weighted by Gasteiger charge is -2.51. The maximum absolute atomic E-state index is 13.3. The van der Waals surface area contributed by atoms with E-state index in [1.807, 2.05) is 112 Å². The molecule has 0 aromatic heterocycles. The molecule has 0 fully saturated rings. The molecule has 5 nitrogen and oxygen atoms in total. The minimum atomic E-state index is -1.61. The molecule has 0 saturated carbocycles. The van der Waals surface area contributed by atoms with Gasteiger partial charge in [-0.1, -0.05) is 112 Å². The standard InChI is InChI=1S/C30H35NO4/c1-27(2,3)29(26(34)35,21-28(4,5)25(32)33)31-30(22-15-9-6-10-16-22,23-17-11-7-12-18-23)24-19-13-8-14-20-24/h6-20,31H,21H2,1-5H3,(H,32,33)(H,34,35)/t29-/m0/s1. The normalized spacial score (nSPS) is 14.2. The fourth-order valence-corrected chi connectivity index (χ4v) is 4.79. The molecule has 184 valence electrons. The van der Waals surface area contributed by atoms with Crippen LogP contribution >= 0.6 is 0 Å². The van der Waals surface area contributed by atoms with Crippen LogP contribution in [-0.2, 0) is 15.1 Å². The molecule has 0 radical (unpaired) electrons. The Balaban J connectivity index is 2.44. The van der Waals surface area contributed by atoms with Crippen molar-refractivity contribution in [3.05, 3.63) is 108 Å². The van der Waals surface area contributed by atoms with Gasteiger partial charge in [0.1, 0.15) is 5.54 Å². The highest BCUT2D eigenvalue weighted by Gasteiger charge is 2.57. The maximum Gasteiger partial charge on any atom is 0.324 e. The van der Waals surface area contributed by atoms with Crippen LogP contribution in [0.4, 0.5) is 0 Å². The monoisotopic (exact) mass is 473 g/mol. The summed E-state index contributed by atoms with van der Waals surface area (Å²) in [6.07, 6.45) is -0.123. The van der Waals surface area contributed by atoms with Crippen molar-refractivity contribution in [3.8, 4) is 0 Å². The SMILES string of the molecule is CC(C)(C[C@](NC(c1ccccc1)(c1ccccc1)c1ccccc1)(C(=O)O)C(C)(C)C)C(=O)O. The third kappa shape index (κ3) is 4.87. The highest BCUT2D eigenvalue weighted by atomic mass is 16.4. The summed E-state index contributed by atoms with van der Waals surface area (Å²) >= 11 is 0. The molecule has 1 atom stereocenters. The van der Waals surface area contributed by atoms with E-state index in [9.17, 15) is 19.8 Å². The average molecular weight is 474 g/mol. The van der Waals surface area contributed by atoms with E-state index in [0.29, 0.717) is 0 Å². The molecule has 0 saturated heterocycles. The number of carboxylic acids is 2. The van der Waals surface area contributed by atoms with Crippen molar-refractivity contribution in [2.45, 2.75) is 52.1 Å². The summed E-state index contributed by atoms with van der Waals surface area (Å²) in [7, 11) is 0. The molecule has 0 amide bonds. The molecule has 0 heterocycles. The molecule has 35 heavy (non-hydrogen) atoms. The molecule has 0 aliphatic carbocycles. The van der Waals surface area contributed by atoms with Gasteiger partial charge >= 0.3 is 11.9 Å². The average Bonchev–Trinajstić information content (AvgIpc) is 2.82. The molecule has 3 N–H and O–H groups in total. The van der Waals surface area contributed by atoms with Crippen LogP contribution in [0.25, 0.3) is 0 Å². The third-order valence-corrected chi connectivity index (χ3v) is 6.95. The Labute approximate surface area is 207 Å². The molecular formula is C30H35NO4. The number of benzene rings is 3. The van der Waals surface area contributed by atoms with E-state index in [0.717, 1.165) is 16.7 Å². The maximum atomic E-state index is 13.3. The van der Waals surface area contributed by atoms with Crippen molar-refractivity contribution >= 4 is 11.9 Å². The van der Waals surface area contributed by atoms with Gasteiger partial charge in [0.05, 0.1) is 11.0 Å². The van der Waals surface area contributed by atoms with Gasteiger partial charge in [0.2, 0.25) is 0 Å². The Morgan fingerprint density at radius 2 is 0.971 bits per heavy atom. The molecule has 3 aromatic rings. The summed E-state index contributed by atoms with van der Waals surface area (Å²) in [6.45, 7) is 8.69. The van der Waals surface area contributed by atoms with Gasteiger partial charge in [-0.2, -0.15) is 0 Å². The first kappa shape index (κ1) is 26.2. The van der Waals surface area contributed by atoms with Gasteiger partial charge < -0.3 is 10.2 Å². The van der Waals surface area contributed by atoms with Crippen LogP contribution in [0, 0.1) is 10.8 Å². The van der Waals surface area contributed by atoms with Crippen molar-refractivity contribution in [1.29, 1.82) is 0 Å². The van der Waals surface area contributed by atoms with E-state index in [-0.39, 0.29) is 6.42 Å². The zero-order valence-electron chi connectivity index (χ0n) is 21.1. The first-order valence-electron chi connectivity index (χ1n) is 11.8. The molecule has 3 rings (SSSR count). The number of nitrogens with one attached hydrogen (secondary N) is 1. The van der Waals surface area contributed by atoms with Crippen LogP contribution in [0.3, 0.4) is 0 Å². The lowest BCUT2D eigenvalue weighted by Crippen LogP contribution is -2.68. The van der Waals surface area contributed by atoms with Crippen LogP contribution < -0.4 is 5.32 Å². The second-order valence-electron chi connectivity index (χ2n) is 10.8. The summed E-state index contributed by atoms with van der Waals surface area (Å²) in [5.74, 6) is -2.13. The van der Waals surface area contributed by atoms with Crippen molar-refractivity contribution in [1.82, 2.24) is 5.32 Å². The quantitative estimate of drug-likeness (QED) is 0.335. The second-order valence-corrected chi connectivity index (χ2v) is 10.8. The molecule has 3 aromatic carbocycles. The Hall–Kier alpha value is -3.44. The fourth-order valence-electron chi connectivity index (χ4n) is 4.79. The van der Waals surface area contributed by atoms with E-state index < -0.39 is 33.8 Å². The van der Waals surface area contributed by atoms with Crippen molar-refractivity contribution in [2.75, 3.05) is 0 Å². The predicted molar refractivity (Wildman–Crippen MR) is 138 cm³/mol. The molecule has 0 spiro atoms. The highest BCUT2D eigenvalue weighted by molar-refractivity contribution is 5.83. The number of rotatable bonds is 9. The number of aliphatic carboxylic acids is 2. The van der Waals surface area contributed by atoms with Crippen LogP contribution in [-0.4, -0.2) is 27.7 Å². The second kappa shape index (κ2) is 9.67. The molecule has 0 unspecified atom stereocenters. The fraction of sp³-hybridized carbons (Fsp3) is 0.333. The largest absolute Gasteiger partial charge is 0.481 e. The van der Waals surface area contributed by atoms with Gasteiger partial charge in [0.15, 0.2) is 0 Å². The lowest BCUT2D eigenvalue weighted by atomic mass is 9.63. The third-order valence-electron chi connectivity index (χ3n) is 6.95. The van der Waals surface area contributed by atoms with Crippen molar-refractivity contribution in [2.24, 2.45) is 10.8 Å². The van der Waals surface area contributed by atoms with Crippen LogP contribution in [0.2, 0.25) is 0 Å². The van der Waals surface area contributed by atoms with E-state index >= 15 is 0 Å². The Kier molecular flexibility index (Phi) is 7.23. The Morgan fingerprint density at radius 3 is 1.23 bits per heavy atom. The van der Waals surface area contributed by atoms with Crippen LogP contribution in [0.1, 0.15) is 57.7 Å². The zero-order valence-corrected chi connectivity index (χ0v) is 21.1. The first-order chi connectivity index (χ1) is 16.4. The van der Waals surface area contributed by atoms with E-state index in [1.54, 1.807) is 13.8 Å².